The van der Waals surface area contributed by atoms with Crippen molar-refractivity contribution >= 4 is 11.8 Å². The number of aromatic nitrogens is 1. The molecule has 0 bridgehead atoms. The Balaban J connectivity index is 1.62. The largest absolute Gasteiger partial charge is 0.361 e. The molecule has 2 rings (SSSR count). The van der Waals surface area contributed by atoms with Crippen LogP contribution < -0.4 is 10.6 Å². The van der Waals surface area contributed by atoms with Gasteiger partial charge in [-0.1, -0.05) is 5.16 Å². The van der Waals surface area contributed by atoms with E-state index in [2.05, 4.69) is 27.6 Å². The standard InChI is InChI=1S/C18H30N4O3/c1-12(20-17(23)8-5-13(2)22(3)4)11-19-18(24)10-15-9-16(25-21-15)14-6-7-14/h9,12-14H,5-8,10-11H2,1-4H3,(H,19,24)(H,20,23)/t12-,13?/m1/s1. The molecule has 0 radical (unpaired) electrons. The second kappa shape index (κ2) is 8.99. The molecule has 2 atom stereocenters. The molecule has 25 heavy (non-hydrogen) atoms. The SMILES string of the molecule is CC(CCC(=O)N[C@H](C)CNC(=O)Cc1cc(C2CC2)on1)N(C)C. The van der Waals surface area contributed by atoms with Gasteiger partial charge in [0.1, 0.15) is 5.76 Å². The van der Waals surface area contributed by atoms with Crippen LogP contribution in [0.3, 0.4) is 0 Å². The molecule has 1 heterocycles. The molecule has 0 spiro atoms. The number of rotatable bonds is 10. The van der Waals surface area contributed by atoms with E-state index in [1.807, 2.05) is 27.1 Å². The molecule has 140 valence electrons. The van der Waals surface area contributed by atoms with Gasteiger partial charge >= 0.3 is 0 Å². The van der Waals surface area contributed by atoms with Gasteiger partial charge in [0.2, 0.25) is 11.8 Å². The Bertz CT molecular complexity index is 581. The van der Waals surface area contributed by atoms with E-state index in [-0.39, 0.29) is 24.3 Å². The van der Waals surface area contributed by atoms with E-state index < -0.39 is 0 Å². The van der Waals surface area contributed by atoms with Crippen LogP contribution in [0.5, 0.6) is 0 Å². The molecule has 0 aliphatic heterocycles. The van der Waals surface area contributed by atoms with Crippen LogP contribution in [0.2, 0.25) is 0 Å². The lowest BCUT2D eigenvalue weighted by atomic mass is 10.1. The third kappa shape index (κ3) is 6.86. The van der Waals surface area contributed by atoms with Crippen LogP contribution in [-0.2, 0) is 16.0 Å². The van der Waals surface area contributed by atoms with E-state index in [1.165, 1.54) is 0 Å². The monoisotopic (exact) mass is 350 g/mol. The number of amides is 2. The summed E-state index contributed by atoms with van der Waals surface area (Å²) in [6, 6.07) is 2.13. The van der Waals surface area contributed by atoms with Crippen LogP contribution in [0.1, 0.15) is 56.9 Å². The minimum Gasteiger partial charge on any atom is -0.361 e. The first-order valence-corrected chi connectivity index (χ1v) is 9.03. The summed E-state index contributed by atoms with van der Waals surface area (Å²) in [4.78, 5) is 26.0. The highest BCUT2D eigenvalue weighted by Gasteiger charge is 2.28. The lowest BCUT2D eigenvalue weighted by molar-refractivity contribution is -0.123. The first kappa shape index (κ1) is 19.4. The summed E-state index contributed by atoms with van der Waals surface area (Å²) in [6.07, 6.45) is 3.79. The summed E-state index contributed by atoms with van der Waals surface area (Å²) >= 11 is 0. The van der Waals surface area contributed by atoms with Crippen molar-refractivity contribution in [3.63, 3.8) is 0 Å². The van der Waals surface area contributed by atoms with Gasteiger partial charge in [-0.3, -0.25) is 9.59 Å². The van der Waals surface area contributed by atoms with Crippen molar-refractivity contribution in [2.45, 2.75) is 64.0 Å². The summed E-state index contributed by atoms with van der Waals surface area (Å²) in [6.45, 7) is 4.38. The Morgan fingerprint density at radius 2 is 2.04 bits per heavy atom. The van der Waals surface area contributed by atoms with Gasteiger partial charge in [0.05, 0.1) is 12.1 Å². The predicted molar refractivity (Wildman–Crippen MR) is 95.2 cm³/mol. The highest BCUT2D eigenvalue weighted by atomic mass is 16.5. The molecule has 1 saturated carbocycles. The Labute approximate surface area is 149 Å². The van der Waals surface area contributed by atoms with Crippen molar-refractivity contribution < 1.29 is 14.1 Å². The van der Waals surface area contributed by atoms with Crippen molar-refractivity contribution in [1.82, 2.24) is 20.7 Å². The number of nitrogens with one attached hydrogen (secondary N) is 2. The zero-order chi connectivity index (χ0) is 18.4. The quantitative estimate of drug-likeness (QED) is 0.667. The van der Waals surface area contributed by atoms with Crippen molar-refractivity contribution in [1.29, 1.82) is 0 Å². The Kier molecular flexibility index (Phi) is 6.99. The second-order valence-corrected chi connectivity index (χ2v) is 7.30. The number of carbonyl (C=O) groups is 2. The van der Waals surface area contributed by atoms with Gasteiger partial charge in [-0.25, -0.2) is 0 Å². The average molecular weight is 350 g/mol. The van der Waals surface area contributed by atoms with Crippen molar-refractivity contribution in [2.24, 2.45) is 0 Å². The fourth-order valence-corrected chi connectivity index (χ4v) is 2.46. The van der Waals surface area contributed by atoms with E-state index >= 15 is 0 Å². The van der Waals surface area contributed by atoms with E-state index in [9.17, 15) is 9.59 Å². The maximum Gasteiger partial charge on any atom is 0.226 e. The highest BCUT2D eigenvalue weighted by Crippen LogP contribution is 2.40. The normalized spacial score (nSPS) is 16.5. The maximum absolute atomic E-state index is 12.0. The van der Waals surface area contributed by atoms with Gasteiger partial charge in [-0.2, -0.15) is 0 Å². The van der Waals surface area contributed by atoms with E-state index in [4.69, 9.17) is 4.52 Å². The molecule has 1 unspecified atom stereocenters. The molecule has 1 aromatic heterocycles. The Morgan fingerprint density at radius 1 is 1.32 bits per heavy atom. The van der Waals surface area contributed by atoms with Gasteiger partial charge in [0, 0.05) is 37.0 Å². The topological polar surface area (TPSA) is 87.5 Å². The summed E-state index contributed by atoms with van der Waals surface area (Å²) in [5, 5.41) is 9.68. The molecule has 7 heteroatoms. The molecule has 0 saturated heterocycles. The van der Waals surface area contributed by atoms with Crippen molar-refractivity contribution in [2.75, 3.05) is 20.6 Å². The van der Waals surface area contributed by atoms with Crippen molar-refractivity contribution in [3.05, 3.63) is 17.5 Å². The number of hydrogen-bond acceptors (Lipinski definition) is 5. The van der Waals surface area contributed by atoms with Gasteiger partial charge in [0.15, 0.2) is 0 Å². The van der Waals surface area contributed by atoms with Crippen LogP contribution in [0, 0.1) is 0 Å². The molecular weight excluding hydrogens is 320 g/mol. The Morgan fingerprint density at radius 3 is 2.68 bits per heavy atom. The second-order valence-electron chi connectivity index (χ2n) is 7.30. The van der Waals surface area contributed by atoms with Crippen LogP contribution in [0.15, 0.2) is 10.6 Å². The van der Waals surface area contributed by atoms with Gasteiger partial charge in [-0.05, 0) is 47.2 Å². The lowest BCUT2D eigenvalue weighted by Crippen LogP contribution is -2.42. The third-order valence-corrected chi connectivity index (χ3v) is 4.58. The smallest absolute Gasteiger partial charge is 0.226 e. The Hall–Kier alpha value is -1.89. The maximum atomic E-state index is 12.0. The van der Waals surface area contributed by atoms with Crippen molar-refractivity contribution in [3.8, 4) is 0 Å². The average Bonchev–Trinajstić information content (AvgIpc) is 3.30. The van der Waals surface area contributed by atoms with E-state index in [0.29, 0.717) is 30.6 Å². The summed E-state index contributed by atoms with van der Waals surface area (Å²) < 4.78 is 5.24. The van der Waals surface area contributed by atoms with Gasteiger partial charge < -0.3 is 20.1 Å². The molecule has 1 aliphatic rings. The van der Waals surface area contributed by atoms with Gasteiger partial charge in [-0.15, -0.1) is 0 Å². The molecule has 1 aromatic rings. The predicted octanol–water partition coefficient (Wildman–Crippen LogP) is 1.45. The summed E-state index contributed by atoms with van der Waals surface area (Å²) in [5.41, 5.74) is 0.661. The minimum atomic E-state index is -0.113. The van der Waals surface area contributed by atoms with Crippen LogP contribution >= 0.6 is 0 Å². The summed E-state index contributed by atoms with van der Waals surface area (Å²) in [7, 11) is 4.01. The number of hydrogen-bond donors (Lipinski definition) is 2. The van der Waals surface area contributed by atoms with E-state index in [0.717, 1.165) is 25.0 Å². The molecule has 1 fully saturated rings. The fourth-order valence-electron chi connectivity index (χ4n) is 2.46. The molecular formula is C18H30N4O3. The molecule has 2 N–H and O–H groups in total. The van der Waals surface area contributed by atoms with Crippen LogP contribution in [0.25, 0.3) is 0 Å². The molecule has 7 nitrogen and oxygen atoms in total. The molecule has 1 aliphatic carbocycles. The molecule has 0 aromatic carbocycles. The highest BCUT2D eigenvalue weighted by molar-refractivity contribution is 5.78. The zero-order valence-corrected chi connectivity index (χ0v) is 15.7. The van der Waals surface area contributed by atoms with Crippen LogP contribution in [0.4, 0.5) is 0 Å². The zero-order valence-electron chi connectivity index (χ0n) is 15.7. The minimum absolute atomic E-state index is 0.0148. The molecule has 2 amide bonds. The number of carbonyl (C=O) groups excluding carboxylic acids is 2. The first-order chi connectivity index (χ1) is 11.8. The lowest BCUT2D eigenvalue weighted by Gasteiger charge is -2.20. The number of nitrogens with zero attached hydrogens (tertiary/aromatic N) is 2. The van der Waals surface area contributed by atoms with Crippen LogP contribution in [-0.4, -0.2) is 54.6 Å². The summed E-state index contributed by atoms with van der Waals surface area (Å²) in [5.74, 6) is 1.28. The first-order valence-electron chi connectivity index (χ1n) is 9.03. The van der Waals surface area contributed by atoms with Gasteiger partial charge in [0.25, 0.3) is 0 Å². The van der Waals surface area contributed by atoms with E-state index in [1.54, 1.807) is 0 Å². The fraction of sp³-hybridized carbons (Fsp3) is 0.722. The third-order valence-electron chi connectivity index (χ3n) is 4.58.